The molecule has 2 amide bonds. The van der Waals surface area contributed by atoms with Crippen molar-refractivity contribution in [3.05, 3.63) is 0 Å². The Morgan fingerprint density at radius 2 is 1.70 bits per heavy atom. The summed E-state index contributed by atoms with van der Waals surface area (Å²) in [4.78, 5) is 30.6. The topological polar surface area (TPSA) is 53.1 Å². The lowest BCUT2D eigenvalue weighted by Crippen LogP contribution is -2.48. The molecule has 6 nitrogen and oxygen atoms in total. The average molecular weight is 323 g/mol. The molecule has 0 aliphatic carbocycles. The number of carbonyl (C=O) groups excluding carboxylic acids is 2. The Kier molecular flexibility index (Phi) is 5.54. The molecule has 0 spiro atoms. The molecule has 0 unspecified atom stereocenters. The summed E-state index contributed by atoms with van der Waals surface area (Å²) in [5.74, 6) is 0.442. The molecule has 6 heteroatoms. The molecule has 2 atom stereocenters. The standard InChI is InChI=1S/C17H29N3O3/c1-14(21)20-8-3-5-16(20)15-4-2-7-18(15)9-6-17(22)19-10-12-23-13-11-19/h15-16H,2-13H2,1H3/t15-,16-/m0/s1. The van der Waals surface area contributed by atoms with Crippen LogP contribution in [0.2, 0.25) is 0 Å². The highest BCUT2D eigenvalue weighted by atomic mass is 16.5. The van der Waals surface area contributed by atoms with E-state index in [0.29, 0.717) is 31.7 Å². The number of morpholine rings is 1. The van der Waals surface area contributed by atoms with Crippen molar-refractivity contribution in [3.63, 3.8) is 0 Å². The van der Waals surface area contributed by atoms with Crippen molar-refractivity contribution >= 4 is 11.8 Å². The minimum absolute atomic E-state index is 0.198. The molecule has 0 aromatic rings. The number of nitrogens with zero attached hydrogens (tertiary/aromatic N) is 3. The highest BCUT2D eigenvalue weighted by molar-refractivity contribution is 5.76. The van der Waals surface area contributed by atoms with Gasteiger partial charge in [-0.3, -0.25) is 14.5 Å². The van der Waals surface area contributed by atoms with Crippen LogP contribution >= 0.6 is 0 Å². The Hall–Kier alpha value is -1.14. The van der Waals surface area contributed by atoms with Crippen molar-refractivity contribution < 1.29 is 14.3 Å². The summed E-state index contributed by atoms with van der Waals surface area (Å²) in [5, 5.41) is 0. The van der Waals surface area contributed by atoms with Crippen molar-refractivity contribution in [1.82, 2.24) is 14.7 Å². The Bertz CT molecular complexity index is 437. The average Bonchev–Trinajstić information content (AvgIpc) is 3.21. The third-order valence-corrected chi connectivity index (χ3v) is 5.54. The molecule has 0 N–H and O–H groups in total. The lowest BCUT2D eigenvalue weighted by atomic mass is 10.0. The minimum Gasteiger partial charge on any atom is -0.378 e. The van der Waals surface area contributed by atoms with Gasteiger partial charge in [-0.25, -0.2) is 0 Å². The van der Waals surface area contributed by atoms with Crippen LogP contribution in [0.3, 0.4) is 0 Å². The third-order valence-electron chi connectivity index (χ3n) is 5.54. The van der Waals surface area contributed by atoms with Crippen LogP contribution in [0.4, 0.5) is 0 Å². The molecule has 3 aliphatic rings. The smallest absolute Gasteiger partial charge is 0.224 e. The van der Waals surface area contributed by atoms with Crippen LogP contribution in [-0.4, -0.2) is 84.5 Å². The molecule has 3 aliphatic heterocycles. The minimum atomic E-state index is 0.198. The first-order chi connectivity index (χ1) is 11.2. The van der Waals surface area contributed by atoms with Crippen LogP contribution in [0, 0.1) is 0 Å². The summed E-state index contributed by atoms with van der Waals surface area (Å²) in [7, 11) is 0. The van der Waals surface area contributed by atoms with Gasteiger partial charge in [0.25, 0.3) is 0 Å². The maximum absolute atomic E-state index is 12.3. The van der Waals surface area contributed by atoms with Gasteiger partial charge in [0.2, 0.25) is 11.8 Å². The first-order valence-electron chi connectivity index (χ1n) is 9.03. The summed E-state index contributed by atoms with van der Waals surface area (Å²) in [6.45, 7) is 7.23. The maximum atomic E-state index is 12.3. The van der Waals surface area contributed by atoms with E-state index < -0.39 is 0 Å². The molecule has 0 saturated carbocycles. The second-order valence-electron chi connectivity index (χ2n) is 6.91. The van der Waals surface area contributed by atoms with E-state index in [-0.39, 0.29) is 11.8 Å². The van der Waals surface area contributed by atoms with Gasteiger partial charge in [-0.2, -0.15) is 0 Å². The van der Waals surface area contributed by atoms with Crippen molar-refractivity contribution in [2.24, 2.45) is 0 Å². The van der Waals surface area contributed by atoms with Gasteiger partial charge in [0, 0.05) is 51.6 Å². The second-order valence-corrected chi connectivity index (χ2v) is 6.91. The molecule has 0 bridgehead atoms. The van der Waals surface area contributed by atoms with Crippen LogP contribution in [0.1, 0.15) is 39.0 Å². The van der Waals surface area contributed by atoms with E-state index in [1.165, 1.54) is 6.42 Å². The largest absolute Gasteiger partial charge is 0.378 e. The SMILES string of the molecule is CC(=O)N1CCC[C@H]1[C@@H]1CCCN1CCC(=O)N1CCOCC1. The van der Waals surface area contributed by atoms with E-state index >= 15 is 0 Å². The Balaban J connectivity index is 1.52. The second kappa shape index (κ2) is 7.62. The van der Waals surface area contributed by atoms with E-state index in [1.54, 1.807) is 6.92 Å². The van der Waals surface area contributed by atoms with Gasteiger partial charge in [-0.05, 0) is 32.2 Å². The quantitative estimate of drug-likeness (QED) is 0.765. The summed E-state index contributed by atoms with van der Waals surface area (Å²) < 4.78 is 5.30. The molecular weight excluding hydrogens is 294 g/mol. The molecule has 130 valence electrons. The molecule has 3 heterocycles. The molecule has 3 rings (SSSR count). The predicted octanol–water partition coefficient (Wildman–Crippen LogP) is 0.711. The van der Waals surface area contributed by atoms with Gasteiger partial charge in [-0.1, -0.05) is 0 Å². The summed E-state index contributed by atoms with van der Waals surface area (Å²) >= 11 is 0. The molecule has 23 heavy (non-hydrogen) atoms. The lowest BCUT2D eigenvalue weighted by Gasteiger charge is -2.35. The van der Waals surface area contributed by atoms with Gasteiger partial charge in [0.15, 0.2) is 0 Å². The zero-order valence-corrected chi connectivity index (χ0v) is 14.2. The van der Waals surface area contributed by atoms with Crippen LogP contribution in [0.25, 0.3) is 0 Å². The number of carbonyl (C=O) groups is 2. The van der Waals surface area contributed by atoms with Crippen molar-refractivity contribution in [1.29, 1.82) is 0 Å². The maximum Gasteiger partial charge on any atom is 0.224 e. The van der Waals surface area contributed by atoms with Crippen molar-refractivity contribution in [2.45, 2.75) is 51.1 Å². The van der Waals surface area contributed by atoms with E-state index in [9.17, 15) is 9.59 Å². The first kappa shape index (κ1) is 16.7. The number of likely N-dealkylation sites (tertiary alicyclic amines) is 2. The number of hydrogen-bond acceptors (Lipinski definition) is 4. The highest BCUT2D eigenvalue weighted by Crippen LogP contribution is 2.30. The first-order valence-corrected chi connectivity index (χ1v) is 9.03. The number of hydrogen-bond donors (Lipinski definition) is 0. The van der Waals surface area contributed by atoms with Crippen LogP contribution < -0.4 is 0 Å². The fraction of sp³-hybridized carbons (Fsp3) is 0.882. The van der Waals surface area contributed by atoms with E-state index in [4.69, 9.17) is 4.74 Å². The van der Waals surface area contributed by atoms with Gasteiger partial charge in [-0.15, -0.1) is 0 Å². The summed E-state index contributed by atoms with van der Waals surface area (Å²) in [6, 6.07) is 0.798. The Labute approximate surface area is 138 Å². The third kappa shape index (κ3) is 3.86. The molecule has 0 aromatic heterocycles. The van der Waals surface area contributed by atoms with Gasteiger partial charge in [0.05, 0.1) is 13.2 Å². The van der Waals surface area contributed by atoms with Gasteiger partial charge in [0.1, 0.15) is 0 Å². The van der Waals surface area contributed by atoms with E-state index in [0.717, 1.165) is 52.0 Å². The highest BCUT2D eigenvalue weighted by Gasteiger charge is 2.38. The zero-order valence-electron chi connectivity index (χ0n) is 14.2. The molecule has 3 saturated heterocycles. The molecule has 0 radical (unpaired) electrons. The van der Waals surface area contributed by atoms with Crippen molar-refractivity contribution in [2.75, 3.05) is 45.9 Å². The zero-order chi connectivity index (χ0) is 16.2. The van der Waals surface area contributed by atoms with Crippen LogP contribution in [-0.2, 0) is 14.3 Å². The molecular formula is C17H29N3O3. The summed E-state index contributed by atoms with van der Waals surface area (Å²) in [5.41, 5.74) is 0. The fourth-order valence-electron chi connectivity index (χ4n) is 4.36. The van der Waals surface area contributed by atoms with Crippen molar-refractivity contribution in [3.8, 4) is 0 Å². The fourth-order valence-corrected chi connectivity index (χ4v) is 4.36. The number of amides is 2. The van der Waals surface area contributed by atoms with Crippen LogP contribution in [0.5, 0.6) is 0 Å². The normalized spacial score (nSPS) is 29.3. The monoisotopic (exact) mass is 323 g/mol. The predicted molar refractivity (Wildman–Crippen MR) is 87.0 cm³/mol. The Morgan fingerprint density at radius 3 is 2.43 bits per heavy atom. The van der Waals surface area contributed by atoms with E-state index in [2.05, 4.69) is 4.90 Å². The molecule has 3 fully saturated rings. The molecule has 0 aromatic carbocycles. The van der Waals surface area contributed by atoms with E-state index in [1.807, 2.05) is 9.80 Å². The van der Waals surface area contributed by atoms with Gasteiger partial charge >= 0.3 is 0 Å². The number of ether oxygens (including phenoxy) is 1. The number of rotatable bonds is 4. The lowest BCUT2D eigenvalue weighted by molar-refractivity contribution is -0.136. The van der Waals surface area contributed by atoms with Crippen LogP contribution in [0.15, 0.2) is 0 Å². The Morgan fingerprint density at radius 1 is 1.00 bits per heavy atom. The summed E-state index contributed by atoms with van der Waals surface area (Å²) in [6.07, 6.45) is 5.14. The van der Waals surface area contributed by atoms with Gasteiger partial charge < -0.3 is 14.5 Å².